The van der Waals surface area contributed by atoms with Crippen molar-refractivity contribution >= 4 is 38.2 Å². The van der Waals surface area contributed by atoms with Crippen molar-refractivity contribution in [3.05, 3.63) is 52.6 Å². The number of hydrogen-bond acceptors (Lipinski definition) is 3. The Bertz CT molecular complexity index is 905. The lowest BCUT2D eigenvalue weighted by Crippen LogP contribution is -2.19. The molecule has 0 bridgehead atoms. The summed E-state index contributed by atoms with van der Waals surface area (Å²) in [5.41, 5.74) is 2.08. The Labute approximate surface area is 151 Å². The Kier molecular flexibility index (Phi) is 4.43. The molecule has 0 radical (unpaired) electrons. The van der Waals surface area contributed by atoms with Gasteiger partial charge in [0, 0.05) is 16.8 Å². The van der Waals surface area contributed by atoms with Crippen LogP contribution in [0.3, 0.4) is 0 Å². The standard InChI is InChI=1S/C18H16BrF2N3O/c19-14-10-16-13(9-15(14)22-12-6-4-11(20)5-7-12)18(21)23-24(16)17-3-1-2-8-25-17/h4-7,9-10,17,22H,1-3,8H2. The summed E-state index contributed by atoms with van der Waals surface area (Å²) in [5, 5.41) is 7.62. The zero-order valence-corrected chi connectivity index (χ0v) is 14.9. The molecule has 0 aliphatic carbocycles. The maximum Gasteiger partial charge on any atom is 0.240 e. The molecule has 0 amide bonds. The molecule has 25 heavy (non-hydrogen) atoms. The van der Waals surface area contributed by atoms with E-state index >= 15 is 0 Å². The van der Waals surface area contributed by atoms with Gasteiger partial charge in [-0.2, -0.15) is 4.39 Å². The highest BCUT2D eigenvalue weighted by molar-refractivity contribution is 9.10. The van der Waals surface area contributed by atoms with Crippen LogP contribution in [-0.4, -0.2) is 16.4 Å². The van der Waals surface area contributed by atoms with E-state index in [1.54, 1.807) is 22.9 Å². The van der Waals surface area contributed by atoms with Gasteiger partial charge in [0.25, 0.3) is 0 Å². The Morgan fingerprint density at radius 2 is 1.96 bits per heavy atom. The summed E-state index contributed by atoms with van der Waals surface area (Å²) in [6.07, 6.45) is 2.65. The first-order valence-electron chi connectivity index (χ1n) is 8.13. The molecule has 1 atom stereocenters. The van der Waals surface area contributed by atoms with Gasteiger partial charge in [0.2, 0.25) is 5.95 Å². The van der Waals surface area contributed by atoms with Gasteiger partial charge in [-0.25, -0.2) is 9.07 Å². The first-order valence-corrected chi connectivity index (χ1v) is 8.92. The van der Waals surface area contributed by atoms with Crippen molar-refractivity contribution < 1.29 is 13.5 Å². The normalized spacial score (nSPS) is 17.8. The smallest absolute Gasteiger partial charge is 0.240 e. The number of halogens is 3. The third-order valence-electron chi connectivity index (χ3n) is 4.30. The van der Waals surface area contributed by atoms with E-state index in [2.05, 4.69) is 26.3 Å². The number of fused-ring (bicyclic) bond motifs is 1. The molecule has 2 aromatic carbocycles. The largest absolute Gasteiger partial charge is 0.356 e. The third-order valence-corrected chi connectivity index (χ3v) is 4.96. The highest BCUT2D eigenvalue weighted by Gasteiger charge is 2.22. The van der Waals surface area contributed by atoms with Crippen molar-refractivity contribution in [2.75, 3.05) is 11.9 Å². The Morgan fingerprint density at radius 3 is 2.68 bits per heavy atom. The second kappa shape index (κ2) is 6.72. The molecule has 7 heteroatoms. The molecule has 130 valence electrons. The number of rotatable bonds is 3. The minimum Gasteiger partial charge on any atom is -0.356 e. The minimum atomic E-state index is -0.529. The lowest BCUT2D eigenvalue weighted by atomic mass is 10.2. The maximum absolute atomic E-state index is 14.4. The summed E-state index contributed by atoms with van der Waals surface area (Å²) < 4.78 is 35.5. The molecule has 1 unspecified atom stereocenters. The fourth-order valence-corrected chi connectivity index (χ4v) is 3.47. The summed E-state index contributed by atoms with van der Waals surface area (Å²) in [4.78, 5) is 0. The first-order chi connectivity index (χ1) is 12.1. The first kappa shape index (κ1) is 16.5. The van der Waals surface area contributed by atoms with Crippen LogP contribution in [0.2, 0.25) is 0 Å². The average Bonchev–Trinajstić information content (AvgIpc) is 2.94. The van der Waals surface area contributed by atoms with E-state index in [1.165, 1.54) is 12.1 Å². The van der Waals surface area contributed by atoms with Crippen LogP contribution in [0.5, 0.6) is 0 Å². The molecule has 1 fully saturated rings. The number of nitrogens with one attached hydrogen (secondary N) is 1. The average molecular weight is 408 g/mol. The van der Waals surface area contributed by atoms with Crippen LogP contribution in [0.4, 0.5) is 20.2 Å². The van der Waals surface area contributed by atoms with Crippen molar-refractivity contribution in [3.63, 3.8) is 0 Å². The fraction of sp³-hybridized carbons (Fsp3) is 0.278. The highest BCUT2D eigenvalue weighted by atomic mass is 79.9. The fourth-order valence-electron chi connectivity index (χ4n) is 3.04. The summed E-state index contributed by atoms with van der Waals surface area (Å²) in [5.74, 6) is -0.835. The molecular weight excluding hydrogens is 392 g/mol. The van der Waals surface area contributed by atoms with Crippen molar-refractivity contribution in [2.45, 2.75) is 25.5 Å². The molecule has 1 aliphatic heterocycles. The van der Waals surface area contributed by atoms with Gasteiger partial charge in [-0.05, 0) is 71.6 Å². The van der Waals surface area contributed by atoms with E-state index in [0.29, 0.717) is 28.9 Å². The van der Waals surface area contributed by atoms with E-state index in [0.717, 1.165) is 23.7 Å². The number of nitrogens with zero attached hydrogens (tertiary/aromatic N) is 2. The predicted molar refractivity (Wildman–Crippen MR) is 95.9 cm³/mol. The van der Waals surface area contributed by atoms with Gasteiger partial charge < -0.3 is 10.1 Å². The molecule has 4 nitrogen and oxygen atoms in total. The zero-order chi connectivity index (χ0) is 17.4. The number of hydrogen-bond donors (Lipinski definition) is 1. The quantitative estimate of drug-likeness (QED) is 0.621. The minimum absolute atomic E-state index is 0.233. The molecule has 1 N–H and O–H groups in total. The lowest BCUT2D eigenvalue weighted by molar-refractivity contribution is -0.0375. The Hall–Kier alpha value is -1.99. The molecular formula is C18H16BrF2N3O. The van der Waals surface area contributed by atoms with Gasteiger partial charge in [0.1, 0.15) is 5.82 Å². The number of aromatic nitrogens is 2. The summed E-state index contributed by atoms with van der Waals surface area (Å²) in [6.45, 7) is 0.666. The highest BCUT2D eigenvalue weighted by Crippen LogP contribution is 2.34. The van der Waals surface area contributed by atoms with E-state index in [-0.39, 0.29) is 12.0 Å². The summed E-state index contributed by atoms with van der Waals surface area (Å²) in [6, 6.07) is 9.52. The van der Waals surface area contributed by atoms with Crippen LogP contribution >= 0.6 is 15.9 Å². The number of ether oxygens (including phenoxy) is 1. The third kappa shape index (κ3) is 3.26. The number of benzene rings is 2. The number of anilines is 2. The summed E-state index contributed by atoms with van der Waals surface area (Å²) >= 11 is 3.52. The molecule has 1 aliphatic rings. The van der Waals surface area contributed by atoms with Crippen molar-refractivity contribution in [3.8, 4) is 0 Å². The SMILES string of the molecule is Fc1ccc(Nc2cc3c(F)nn(C4CCCCO4)c3cc2Br)cc1. The molecule has 3 aromatic rings. The maximum atomic E-state index is 14.4. The van der Waals surface area contributed by atoms with Crippen LogP contribution in [0.25, 0.3) is 10.9 Å². The molecule has 1 saturated heterocycles. The van der Waals surface area contributed by atoms with Crippen LogP contribution in [0, 0.1) is 11.8 Å². The topological polar surface area (TPSA) is 39.1 Å². The van der Waals surface area contributed by atoms with Crippen molar-refractivity contribution in [1.29, 1.82) is 0 Å². The van der Waals surface area contributed by atoms with Gasteiger partial charge in [-0.1, -0.05) is 0 Å². The van der Waals surface area contributed by atoms with Crippen LogP contribution in [0.1, 0.15) is 25.5 Å². The van der Waals surface area contributed by atoms with Crippen LogP contribution in [0.15, 0.2) is 40.9 Å². The van der Waals surface area contributed by atoms with Crippen LogP contribution < -0.4 is 5.32 Å². The van der Waals surface area contributed by atoms with Gasteiger partial charge in [-0.3, -0.25) is 0 Å². The molecule has 1 aromatic heterocycles. The predicted octanol–water partition coefficient (Wildman–Crippen LogP) is 5.52. The van der Waals surface area contributed by atoms with Gasteiger partial charge in [0.05, 0.1) is 16.6 Å². The van der Waals surface area contributed by atoms with Crippen molar-refractivity contribution in [2.24, 2.45) is 0 Å². The Morgan fingerprint density at radius 1 is 1.16 bits per heavy atom. The monoisotopic (exact) mass is 407 g/mol. The van der Waals surface area contributed by atoms with Gasteiger partial charge >= 0.3 is 0 Å². The summed E-state index contributed by atoms with van der Waals surface area (Å²) in [7, 11) is 0. The van der Waals surface area contributed by atoms with E-state index < -0.39 is 5.95 Å². The van der Waals surface area contributed by atoms with E-state index in [4.69, 9.17) is 4.74 Å². The van der Waals surface area contributed by atoms with E-state index in [1.807, 2.05) is 6.07 Å². The molecule has 2 heterocycles. The second-order valence-corrected chi connectivity index (χ2v) is 6.89. The van der Waals surface area contributed by atoms with Crippen molar-refractivity contribution in [1.82, 2.24) is 9.78 Å². The van der Waals surface area contributed by atoms with Gasteiger partial charge in [0.15, 0.2) is 6.23 Å². The molecule has 4 rings (SSSR count). The molecule has 0 spiro atoms. The Balaban J connectivity index is 1.71. The zero-order valence-electron chi connectivity index (χ0n) is 13.3. The lowest BCUT2D eigenvalue weighted by Gasteiger charge is -2.23. The van der Waals surface area contributed by atoms with E-state index in [9.17, 15) is 8.78 Å². The van der Waals surface area contributed by atoms with Crippen LogP contribution in [-0.2, 0) is 4.74 Å². The second-order valence-electron chi connectivity index (χ2n) is 6.04. The van der Waals surface area contributed by atoms with Gasteiger partial charge in [-0.15, -0.1) is 5.10 Å². The molecule has 0 saturated carbocycles.